The van der Waals surface area contributed by atoms with Gasteiger partial charge in [-0.1, -0.05) is 36.4 Å². The molecule has 2 aliphatic heterocycles. The lowest BCUT2D eigenvalue weighted by atomic mass is 9.96. The highest BCUT2D eigenvalue weighted by atomic mass is 16.6. The quantitative estimate of drug-likeness (QED) is 0.161. The second kappa shape index (κ2) is 11.0. The molecule has 0 aliphatic carbocycles. The number of carbonyl (C=O) groups is 5. The summed E-state index contributed by atoms with van der Waals surface area (Å²) >= 11 is 0. The maximum absolute atomic E-state index is 13.5. The van der Waals surface area contributed by atoms with E-state index in [1.165, 1.54) is 27.9 Å². The number of benzene rings is 3. The minimum atomic E-state index is -1.26. The van der Waals surface area contributed by atoms with Crippen LogP contribution in [0, 0.1) is 0 Å². The summed E-state index contributed by atoms with van der Waals surface area (Å²) in [5.41, 5.74) is 2.78. The van der Waals surface area contributed by atoms with Gasteiger partial charge in [0.25, 0.3) is 11.8 Å². The maximum atomic E-state index is 13.5. The fraction of sp³-hybridized carbons (Fsp3) is 0.303. The normalized spacial score (nSPS) is 22.7. The summed E-state index contributed by atoms with van der Waals surface area (Å²) in [7, 11) is 1.38. The number of esters is 3. The molecule has 13 heteroatoms. The predicted octanol–water partition coefficient (Wildman–Crippen LogP) is 3.65. The standard InChI is InChI=1S/C33H29N3O10/c1-14(37)43-13-21-28(42-4)29(44-15(2)38)30(45-16(3)39)33(46-21)36-20-12-8-6-10-18(20)23-25-24(31(40)35-32(25)41)22-17-9-5-7-11-19(17)34-26(22)27(23)36/h5-12,21,28-30,33-34H,13H2,1-4H3,(H,35,40,41)/t21-,28-,29+,30-,33?/m1/s1. The van der Waals surface area contributed by atoms with Crippen LogP contribution >= 0.6 is 0 Å². The molecule has 5 atom stereocenters. The fourth-order valence-electron chi connectivity index (χ4n) is 6.90. The molecule has 5 aromatic rings. The van der Waals surface area contributed by atoms with Crippen LogP contribution in [0.5, 0.6) is 0 Å². The molecular weight excluding hydrogens is 598 g/mol. The van der Waals surface area contributed by atoms with Gasteiger partial charge in [0.2, 0.25) is 0 Å². The Balaban J connectivity index is 1.61. The van der Waals surface area contributed by atoms with Gasteiger partial charge in [0.1, 0.15) is 18.8 Å². The van der Waals surface area contributed by atoms with Gasteiger partial charge in [0, 0.05) is 54.9 Å². The summed E-state index contributed by atoms with van der Waals surface area (Å²) in [5, 5.41) is 4.83. The van der Waals surface area contributed by atoms with Crippen molar-refractivity contribution in [3.8, 4) is 0 Å². The molecule has 7 rings (SSSR count). The van der Waals surface area contributed by atoms with Crippen molar-refractivity contribution in [2.45, 2.75) is 51.4 Å². The largest absolute Gasteiger partial charge is 0.463 e. The van der Waals surface area contributed by atoms with Crippen molar-refractivity contribution in [3.05, 3.63) is 59.7 Å². The Labute approximate surface area is 260 Å². The SMILES string of the molecule is CO[C@H]1[C@H](OC(C)=O)[C@@H](OC(C)=O)C(n2c3ccccc3c3c4c(c5c6ccccc6[nH]c5c32)C(=O)NC4=O)O[C@@H]1COC(C)=O. The van der Waals surface area contributed by atoms with Gasteiger partial charge in [0.05, 0.1) is 27.7 Å². The molecule has 0 spiro atoms. The summed E-state index contributed by atoms with van der Waals surface area (Å²) in [6.45, 7) is 3.43. The van der Waals surface area contributed by atoms with E-state index in [4.69, 9.17) is 23.7 Å². The average Bonchev–Trinajstić information content (AvgIpc) is 3.65. The molecule has 1 saturated heterocycles. The molecule has 2 aromatic heterocycles. The van der Waals surface area contributed by atoms with Crippen LogP contribution in [-0.2, 0) is 38.1 Å². The van der Waals surface area contributed by atoms with Crippen molar-refractivity contribution in [2.24, 2.45) is 0 Å². The third kappa shape index (κ3) is 4.42. The number of methoxy groups -OCH3 is 1. The lowest BCUT2D eigenvalue weighted by molar-refractivity contribution is -0.267. The number of H-pyrrole nitrogens is 1. The number of para-hydroxylation sites is 2. The van der Waals surface area contributed by atoms with Gasteiger partial charge in [-0.15, -0.1) is 0 Å². The number of hydrogen-bond donors (Lipinski definition) is 2. The van der Waals surface area contributed by atoms with Crippen LogP contribution in [0.2, 0.25) is 0 Å². The molecular formula is C33H29N3O10. The molecule has 4 heterocycles. The Hall–Kier alpha value is -5.27. The molecule has 3 aromatic carbocycles. The van der Waals surface area contributed by atoms with E-state index in [-0.39, 0.29) is 17.7 Å². The fourth-order valence-corrected chi connectivity index (χ4v) is 6.90. The first-order valence-electron chi connectivity index (χ1n) is 14.6. The smallest absolute Gasteiger partial charge is 0.303 e. The van der Waals surface area contributed by atoms with Crippen molar-refractivity contribution in [2.75, 3.05) is 13.7 Å². The highest BCUT2D eigenvalue weighted by Crippen LogP contribution is 2.47. The predicted molar refractivity (Wildman–Crippen MR) is 163 cm³/mol. The van der Waals surface area contributed by atoms with Gasteiger partial charge in [-0.2, -0.15) is 0 Å². The number of ether oxygens (including phenoxy) is 5. The maximum Gasteiger partial charge on any atom is 0.303 e. The van der Waals surface area contributed by atoms with Crippen LogP contribution in [0.1, 0.15) is 47.7 Å². The molecule has 0 radical (unpaired) electrons. The zero-order valence-corrected chi connectivity index (χ0v) is 25.2. The molecule has 2 aliphatic rings. The molecule has 236 valence electrons. The molecule has 46 heavy (non-hydrogen) atoms. The molecule has 2 N–H and O–H groups in total. The molecule has 1 fully saturated rings. The summed E-state index contributed by atoms with van der Waals surface area (Å²) in [6, 6.07) is 14.6. The minimum absolute atomic E-state index is 0.204. The van der Waals surface area contributed by atoms with E-state index in [0.29, 0.717) is 32.7 Å². The number of nitrogens with one attached hydrogen (secondary N) is 2. The molecule has 2 amide bonds. The van der Waals surface area contributed by atoms with Gasteiger partial charge < -0.3 is 33.2 Å². The number of aromatic amines is 1. The van der Waals surface area contributed by atoms with Crippen molar-refractivity contribution in [1.82, 2.24) is 14.9 Å². The number of rotatable bonds is 6. The zero-order chi connectivity index (χ0) is 32.4. The van der Waals surface area contributed by atoms with Crippen molar-refractivity contribution < 1.29 is 47.7 Å². The molecule has 1 unspecified atom stereocenters. The number of hydrogen-bond acceptors (Lipinski definition) is 10. The minimum Gasteiger partial charge on any atom is -0.463 e. The van der Waals surface area contributed by atoms with E-state index in [2.05, 4.69) is 10.3 Å². The van der Waals surface area contributed by atoms with Crippen LogP contribution < -0.4 is 5.32 Å². The highest BCUT2D eigenvalue weighted by Gasteiger charge is 2.52. The Morgan fingerprint density at radius 2 is 1.43 bits per heavy atom. The second-order valence-corrected chi connectivity index (χ2v) is 11.3. The molecule has 0 saturated carbocycles. The Morgan fingerprint density at radius 1 is 0.804 bits per heavy atom. The Kier molecular flexibility index (Phi) is 7.02. The third-order valence-electron chi connectivity index (χ3n) is 8.48. The van der Waals surface area contributed by atoms with Gasteiger partial charge in [-0.25, -0.2) is 0 Å². The van der Waals surface area contributed by atoms with Crippen molar-refractivity contribution >= 4 is 73.3 Å². The van der Waals surface area contributed by atoms with Crippen LogP contribution in [0.4, 0.5) is 0 Å². The highest BCUT2D eigenvalue weighted by molar-refractivity contribution is 6.39. The summed E-state index contributed by atoms with van der Waals surface area (Å²) in [6.07, 6.45) is -5.64. The van der Waals surface area contributed by atoms with E-state index in [9.17, 15) is 24.0 Å². The first kappa shape index (κ1) is 29.4. The van der Waals surface area contributed by atoms with Gasteiger partial charge in [-0.3, -0.25) is 29.3 Å². The van der Waals surface area contributed by atoms with Crippen molar-refractivity contribution in [1.29, 1.82) is 0 Å². The van der Waals surface area contributed by atoms with Crippen molar-refractivity contribution in [3.63, 3.8) is 0 Å². The summed E-state index contributed by atoms with van der Waals surface area (Å²) in [5.74, 6) is -2.97. The van der Waals surface area contributed by atoms with Gasteiger partial charge >= 0.3 is 17.9 Å². The van der Waals surface area contributed by atoms with Gasteiger partial charge in [-0.05, 0) is 12.1 Å². The number of aromatic nitrogens is 2. The lowest BCUT2D eigenvalue weighted by Gasteiger charge is -2.45. The first-order valence-corrected chi connectivity index (χ1v) is 14.6. The third-order valence-corrected chi connectivity index (χ3v) is 8.48. The number of amides is 2. The number of fused-ring (bicyclic) bond motifs is 10. The van der Waals surface area contributed by atoms with Crippen LogP contribution in [0.15, 0.2) is 48.5 Å². The number of carbonyl (C=O) groups excluding carboxylic acids is 5. The summed E-state index contributed by atoms with van der Waals surface area (Å²) < 4.78 is 31.0. The number of imide groups is 1. The van der Waals surface area contributed by atoms with Crippen LogP contribution in [0.3, 0.4) is 0 Å². The topological polar surface area (TPSA) is 164 Å². The monoisotopic (exact) mass is 627 g/mol. The number of nitrogens with zero attached hydrogens (tertiary/aromatic N) is 1. The van der Waals surface area contributed by atoms with Crippen LogP contribution in [-0.4, -0.2) is 77.4 Å². The first-order chi connectivity index (χ1) is 22.1. The van der Waals surface area contributed by atoms with Crippen LogP contribution in [0.25, 0.3) is 43.6 Å². The summed E-state index contributed by atoms with van der Waals surface area (Å²) in [4.78, 5) is 67.2. The van der Waals surface area contributed by atoms with E-state index in [1.54, 1.807) is 16.7 Å². The Bertz CT molecular complexity index is 2130. The zero-order valence-electron chi connectivity index (χ0n) is 25.2. The molecule has 0 bridgehead atoms. The second-order valence-electron chi connectivity index (χ2n) is 11.3. The average molecular weight is 628 g/mol. The van der Waals surface area contributed by atoms with E-state index in [1.807, 2.05) is 36.4 Å². The Morgan fingerprint density at radius 3 is 2.11 bits per heavy atom. The van der Waals surface area contributed by atoms with E-state index < -0.39 is 60.4 Å². The van der Waals surface area contributed by atoms with E-state index >= 15 is 0 Å². The van der Waals surface area contributed by atoms with Gasteiger partial charge in [0.15, 0.2) is 18.4 Å². The van der Waals surface area contributed by atoms with E-state index in [0.717, 1.165) is 10.9 Å². The lowest BCUT2D eigenvalue weighted by Crippen LogP contribution is -2.60. The molecule has 13 nitrogen and oxygen atoms in total.